The molecule has 1 aromatic rings. The molecule has 3 atom stereocenters. The van der Waals surface area contributed by atoms with Gasteiger partial charge in [0.2, 0.25) is 5.69 Å². The molecule has 0 radical (unpaired) electrons. The predicted octanol–water partition coefficient (Wildman–Crippen LogP) is 2.49. The third-order valence-corrected chi connectivity index (χ3v) is 4.08. The molecular formula is C18H23FN2O5. The van der Waals surface area contributed by atoms with Gasteiger partial charge in [0.15, 0.2) is 0 Å². The first-order valence-corrected chi connectivity index (χ1v) is 8.18. The van der Waals surface area contributed by atoms with Crippen molar-refractivity contribution in [2.24, 2.45) is 0 Å². The molecule has 7 nitrogen and oxygen atoms in total. The summed E-state index contributed by atoms with van der Waals surface area (Å²) in [6.07, 6.45) is -2.84. The first-order chi connectivity index (χ1) is 12.0. The van der Waals surface area contributed by atoms with Crippen LogP contribution in [0, 0.1) is 12.4 Å². The van der Waals surface area contributed by atoms with Crippen LogP contribution in [0.4, 0.5) is 14.9 Å². The third kappa shape index (κ3) is 4.23. The summed E-state index contributed by atoms with van der Waals surface area (Å²) in [5.74, 6) is -0.662. The number of hydrogen-bond donors (Lipinski definition) is 2. The lowest BCUT2D eigenvalue weighted by Gasteiger charge is -2.31. The number of rotatable bonds is 3. The fraction of sp³-hybridized carbons (Fsp3) is 0.556. The SMILES string of the molecule is [C-]#[N+]c1ccc(O[C@H]2CN(C(=O)OC(C)(C)C)C[C@@]2(O)[C@H](C)O)cc1F. The van der Waals surface area contributed by atoms with Crippen molar-refractivity contribution in [1.82, 2.24) is 4.90 Å². The number of ether oxygens (including phenoxy) is 2. The Bertz CT molecular complexity index is 725. The summed E-state index contributed by atoms with van der Waals surface area (Å²) in [6, 6.07) is 3.70. The van der Waals surface area contributed by atoms with Crippen LogP contribution in [-0.4, -0.2) is 57.7 Å². The third-order valence-electron chi connectivity index (χ3n) is 4.08. The van der Waals surface area contributed by atoms with E-state index in [0.717, 1.165) is 6.07 Å². The van der Waals surface area contributed by atoms with E-state index in [4.69, 9.17) is 16.0 Å². The van der Waals surface area contributed by atoms with Gasteiger partial charge in [0.25, 0.3) is 0 Å². The smallest absolute Gasteiger partial charge is 0.410 e. The van der Waals surface area contributed by atoms with E-state index in [1.807, 2.05) is 0 Å². The predicted molar refractivity (Wildman–Crippen MR) is 91.5 cm³/mol. The number of hydrogen-bond acceptors (Lipinski definition) is 5. The minimum Gasteiger partial charge on any atom is -0.485 e. The fourth-order valence-electron chi connectivity index (χ4n) is 2.65. The van der Waals surface area contributed by atoms with Crippen LogP contribution >= 0.6 is 0 Å². The molecule has 0 unspecified atom stereocenters. The number of likely N-dealkylation sites (tertiary alicyclic amines) is 1. The van der Waals surface area contributed by atoms with Crippen molar-refractivity contribution in [1.29, 1.82) is 0 Å². The van der Waals surface area contributed by atoms with Gasteiger partial charge in [-0.25, -0.2) is 14.0 Å². The Morgan fingerprint density at radius 3 is 2.65 bits per heavy atom. The van der Waals surface area contributed by atoms with E-state index in [9.17, 15) is 19.4 Å². The van der Waals surface area contributed by atoms with Gasteiger partial charge >= 0.3 is 6.09 Å². The molecule has 2 rings (SSSR count). The van der Waals surface area contributed by atoms with E-state index in [1.165, 1.54) is 24.0 Å². The molecule has 1 heterocycles. The summed E-state index contributed by atoms with van der Waals surface area (Å²) in [5, 5.41) is 20.8. The summed E-state index contributed by atoms with van der Waals surface area (Å²) < 4.78 is 24.7. The molecule has 1 fully saturated rings. The Morgan fingerprint density at radius 1 is 1.50 bits per heavy atom. The molecule has 0 bridgehead atoms. The second-order valence-corrected chi connectivity index (χ2v) is 7.36. The Kier molecular flexibility index (Phi) is 5.44. The van der Waals surface area contributed by atoms with Crippen molar-refractivity contribution in [2.45, 2.75) is 51.1 Å². The molecule has 2 N–H and O–H groups in total. The average molecular weight is 366 g/mol. The van der Waals surface area contributed by atoms with E-state index >= 15 is 0 Å². The molecule has 1 aliphatic rings. The highest BCUT2D eigenvalue weighted by molar-refractivity contribution is 5.69. The number of benzene rings is 1. The van der Waals surface area contributed by atoms with Gasteiger partial charge in [0.1, 0.15) is 28.9 Å². The molecule has 0 aromatic heterocycles. The van der Waals surface area contributed by atoms with Crippen molar-refractivity contribution >= 4 is 11.8 Å². The van der Waals surface area contributed by atoms with Crippen LogP contribution in [-0.2, 0) is 4.74 Å². The van der Waals surface area contributed by atoms with Crippen LogP contribution in [0.15, 0.2) is 18.2 Å². The maximum Gasteiger partial charge on any atom is 0.410 e. The van der Waals surface area contributed by atoms with Crippen molar-refractivity contribution in [3.05, 3.63) is 35.4 Å². The minimum atomic E-state index is -1.74. The number of nitrogens with zero attached hydrogens (tertiary/aromatic N) is 2. The Labute approximate surface area is 151 Å². The maximum absolute atomic E-state index is 13.8. The zero-order valence-corrected chi connectivity index (χ0v) is 15.2. The van der Waals surface area contributed by atoms with Crippen LogP contribution in [0.3, 0.4) is 0 Å². The lowest BCUT2D eigenvalue weighted by atomic mass is 9.94. The summed E-state index contributed by atoms with van der Waals surface area (Å²) in [6.45, 7) is 13.2. The largest absolute Gasteiger partial charge is 0.485 e. The van der Waals surface area contributed by atoms with Gasteiger partial charge in [-0.05, 0) is 39.8 Å². The van der Waals surface area contributed by atoms with Crippen molar-refractivity contribution < 1.29 is 28.9 Å². The van der Waals surface area contributed by atoms with Crippen molar-refractivity contribution in [2.75, 3.05) is 13.1 Å². The number of carbonyl (C=O) groups excluding carboxylic acids is 1. The Balaban J connectivity index is 2.21. The van der Waals surface area contributed by atoms with Gasteiger partial charge in [0, 0.05) is 6.07 Å². The first-order valence-electron chi connectivity index (χ1n) is 8.18. The first kappa shape index (κ1) is 19.9. The van der Waals surface area contributed by atoms with E-state index in [-0.39, 0.29) is 24.5 Å². The zero-order chi connectivity index (χ0) is 19.7. The number of β-amino-alcohol motifs (C(OH)–C–C–N with tert-alkyl or cyclic N) is 1. The van der Waals surface area contributed by atoms with Crippen molar-refractivity contribution in [3.63, 3.8) is 0 Å². The van der Waals surface area contributed by atoms with E-state index in [1.54, 1.807) is 20.8 Å². The summed E-state index contributed by atoms with van der Waals surface area (Å²) in [5.41, 5.74) is -2.60. The van der Waals surface area contributed by atoms with Gasteiger partial charge in [0.05, 0.1) is 25.8 Å². The van der Waals surface area contributed by atoms with Crippen LogP contribution < -0.4 is 4.74 Å². The molecule has 0 saturated carbocycles. The number of amides is 1. The summed E-state index contributed by atoms with van der Waals surface area (Å²) >= 11 is 0. The zero-order valence-electron chi connectivity index (χ0n) is 15.2. The number of halogens is 1. The number of carbonyl (C=O) groups is 1. The van der Waals surface area contributed by atoms with Gasteiger partial charge < -0.3 is 24.6 Å². The molecule has 8 heteroatoms. The summed E-state index contributed by atoms with van der Waals surface area (Å²) in [4.78, 5) is 16.5. The van der Waals surface area contributed by atoms with E-state index in [0.29, 0.717) is 0 Å². The topological polar surface area (TPSA) is 83.6 Å². The van der Waals surface area contributed by atoms with E-state index < -0.39 is 35.3 Å². The van der Waals surface area contributed by atoms with E-state index in [2.05, 4.69) is 4.85 Å². The quantitative estimate of drug-likeness (QED) is 0.803. The second-order valence-electron chi connectivity index (χ2n) is 7.36. The van der Waals surface area contributed by atoms with Gasteiger partial charge in [-0.1, -0.05) is 0 Å². The van der Waals surface area contributed by atoms with Gasteiger partial charge in [-0.15, -0.1) is 0 Å². The standard InChI is InChI=1S/C18H23FN2O5/c1-11(22)18(24)10-21(16(23)26-17(2,3)4)9-15(18)25-12-6-7-14(20-5)13(19)8-12/h6-8,11,15,22,24H,9-10H2,1-4H3/t11-,15-,18+/m0/s1. The lowest BCUT2D eigenvalue weighted by Crippen LogP contribution is -2.53. The highest BCUT2D eigenvalue weighted by atomic mass is 19.1. The normalized spacial score (nSPS) is 24.1. The molecule has 1 saturated heterocycles. The Hall–Kier alpha value is -2.37. The molecule has 1 amide bonds. The molecule has 26 heavy (non-hydrogen) atoms. The minimum absolute atomic E-state index is 0.0392. The molecular weight excluding hydrogens is 343 g/mol. The van der Waals surface area contributed by atoms with Gasteiger partial charge in [-0.3, -0.25) is 0 Å². The summed E-state index contributed by atoms with van der Waals surface area (Å²) in [7, 11) is 0. The highest BCUT2D eigenvalue weighted by Crippen LogP contribution is 2.32. The molecule has 1 aromatic carbocycles. The van der Waals surface area contributed by atoms with Gasteiger partial charge in [-0.2, -0.15) is 0 Å². The van der Waals surface area contributed by atoms with Crippen LogP contribution in [0.25, 0.3) is 4.85 Å². The average Bonchev–Trinajstić information content (AvgIpc) is 2.84. The Morgan fingerprint density at radius 2 is 2.15 bits per heavy atom. The molecule has 142 valence electrons. The van der Waals surface area contributed by atoms with Crippen molar-refractivity contribution in [3.8, 4) is 5.75 Å². The lowest BCUT2D eigenvalue weighted by molar-refractivity contribution is -0.105. The number of aliphatic hydroxyl groups is 2. The van der Waals surface area contributed by atoms with Crippen LogP contribution in [0.2, 0.25) is 0 Å². The number of aliphatic hydroxyl groups excluding tert-OH is 1. The maximum atomic E-state index is 13.8. The highest BCUT2D eigenvalue weighted by Gasteiger charge is 2.52. The second kappa shape index (κ2) is 7.09. The van der Waals surface area contributed by atoms with Crippen LogP contribution in [0.5, 0.6) is 5.75 Å². The fourth-order valence-corrected chi connectivity index (χ4v) is 2.65. The van der Waals surface area contributed by atoms with Crippen LogP contribution in [0.1, 0.15) is 27.7 Å². The molecule has 1 aliphatic heterocycles. The molecule has 0 aliphatic carbocycles. The monoisotopic (exact) mass is 366 g/mol. The molecule has 0 spiro atoms.